The van der Waals surface area contributed by atoms with Crippen LogP contribution in [-0.4, -0.2) is 45.6 Å². The van der Waals surface area contributed by atoms with Crippen molar-refractivity contribution in [2.24, 2.45) is 0 Å². The molecule has 4 N–H and O–H groups in total. The van der Waals surface area contributed by atoms with E-state index < -0.39 is 12.3 Å². The molecule has 0 saturated carbocycles. The van der Waals surface area contributed by atoms with E-state index in [1.54, 1.807) is 18.3 Å². The predicted octanol–water partition coefficient (Wildman–Crippen LogP) is 4.75. The van der Waals surface area contributed by atoms with Crippen LogP contribution < -0.4 is 10.6 Å². The summed E-state index contributed by atoms with van der Waals surface area (Å²) in [7, 11) is 0. The normalized spacial score (nSPS) is 19.2. The Kier molecular flexibility index (Phi) is 9.13. The third-order valence-corrected chi connectivity index (χ3v) is 6.91. The van der Waals surface area contributed by atoms with Gasteiger partial charge in [-0.25, -0.2) is 14.6 Å². The topological polar surface area (TPSA) is 130 Å². The molecule has 1 saturated heterocycles. The van der Waals surface area contributed by atoms with Gasteiger partial charge in [-0.05, 0) is 42.3 Å². The van der Waals surface area contributed by atoms with Gasteiger partial charge in [-0.15, -0.1) is 11.8 Å². The highest BCUT2D eigenvalue weighted by atomic mass is 32.2. The maximum absolute atomic E-state index is 12.0. The van der Waals surface area contributed by atoms with E-state index >= 15 is 0 Å². The number of thioether (sulfide) groups is 1. The second kappa shape index (κ2) is 12.7. The number of carboxylic acids is 1. The number of aromatic nitrogens is 1. The molecule has 37 heavy (non-hydrogen) atoms. The Bertz CT molecular complexity index is 1220. The molecule has 3 aromatic rings. The fourth-order valence-electron chi connectivity index (χ4n) is 3.96. The van der Waals surface area contributed by atoms with Gasteiger partial charge in [0.05, 0.1) is 24.4 Å². The highest BCUT2D eigenvalue weighted by Crippen LogP contribution is 2.40. The summed E-state index contributed by atoms with van der Waals surface area (Å²) in [5, 5.41) is 24.8. The molecule has 1 fully saturated rings. The number of nitrogens with one attached hydrogen (secondary N) is 2. The Labute approximate surface area is 219 Å². The van der Waals surface area contributed by atoms with Crippen LogP contribution in [0.1, 0.15) is 52.8 Å². The molecule has 0 bridgehead atoms. The number of nitrogens with zero attached hydrogens (tertiary/aromatic N) is 1. The van der Waals surface area contributed by atoms with E-state index in [1.165, 1.54) is 17.8 Å². The lowest BCUT2D eigenvalue weighted by Gasteiger charge is -2.36. The average Bonchev–Trinajstić information content (AvgIpc) is 2.92. The first-order valence-corrected chi connectivity index (χ1v) is 12.9. The van der Waals surface area contributed by atoms with Crippen LogP contribution in [0.25, 0.3) is 0 Å². The molecule has 2 amide bonds. The molecule has 9 nitrogen and oxygen atoms in total. The lowest BCUT2D eigenvalue weighted by Crippen LogP contribution is -2.31. The number of benzene rings is 2. The average molecular weight is 524 g/mol. The van der Waals surface area contributed by atoms with E-state index in [0.29, 0.717) is 29.4 Å². The summed E-state index contributed by atoms with van der Waals surface area (Å²) in [6.07, 6.45) is 0.852. The van der Waals surface area contributed by atoms with Crippen molar-refractivity contribution in [3.05, 3.63) is 89.1 Å². The van der Waals surface area contributed by atoms with E-state index in [9.17, 15) is 19.8 Å². The minimum atomic E-state index is -1.03. The Morgan fingerprint density at radius 2 is 1.89 bits per heavy atom. The van der Waals surface area contributed by atoms with Gasteiger partial charge in [0.2, 0.25) is 0 Å². The minimum absolute atomic E-state index is 0.0435. The number of aromatic carboxylic acids is 1. The number of carboxylic acid groups (broad SMARTS) is 1. The molecule has 1 aromatic heterocycles. The maximum atomic E-state index is 12.0. The molecule has 0 spiro atoms. The van der Waals surface area contributed by atoms with Gasteiger partial charge in [0.15, 0.2) is 6.29 Å². The van der Waals surface area contributed by atoms with Crippen LogP contribution in [0.3, 0.4) is 0 Å². The number of pyridine rings is 1. The van der Waals surface area contributed by atoms with E-state index in [4.69, 9.17) is 9.47 Å². The Morgan fingerprint density at radius 3 is 2.62 bits per heavy atom. The first-order chi connectivity index (χ1) is 18.0. The van der Waals surface area contributed by atoms with Gasteiger partial charge >= 0.3 is 12.0 Å². The smallest absolute Gasteiger partial charge is 0.338 e. The zero-order valence-electron chi connectivity index (χ0n) is 20.3. The van der Waals surface area contributed by atoms with E-state index in [1.807, 2.05) is 49.4 Å². The van der Waals surface area contributed by atoms with Crippen molar-refractivity contribution >= 4 is 29.4 Å². The van der Waals surface area contributed by atoms with Crippen LogP contribution in [0.2, 0.25) is 0 Å². The van der Waals surface area contributed by atoms with Crippen LogP contribution >= 0.6 is 11.8 Å². The predicted molar refractivity (Wildman–Crippen MR) is 139 cm³/mol. The number of ether oxygens (including phenoxy) is 2. The molecule has 3 atom stereocenters. The summed E-state index contributed by atoms with van der Waals surface area (Å²) in [6, 6.07) is 17.7. The summed E-state index contributed by atoms with van der Waals surface area (Å²) < 4.78 is 12.7. The lowest BCUT2D eigenvalue weighted by molar-refractivity contribution is -0.245. The number of carbonyl (C=O) groups is 2. The molecule has 0 radical (unpaired) electrons. The first-order valence-electron chi connectivity index (χ1n) is 11.9. The van der Waals surface area contributed by atoms with E-state index in [0.717, 1.165) is 16.7 Å². The Morgan fingerprint density at radius 1 is 1.08 bits per heavy atom. The molecule has 10 heteroatoms. The second-order valence-corrected chi connectivity index (χ2v) is 9.44. The monoisotopic (exact) mass is 523 g/mol. The van der Waals surface area contributed by atoms with Gasteiger partial charge in [-0.3, -0.25) is 0 Å². The zero-order chi connectivity index (χ0) is 26.2. The number of carbonyl (C=O) groups excluding carboxylic acids is 1. The first kappa shape index (κ1) is 26.6. The van der Waals surface area contributed by atoms with Gasteiger partial charge in [0.1, 0.15) is 5.03 Å². The van der Waals surface area contributed by atoms with Crippen LogP contribution in [-0.2, 0) is 16.1 Å². The number of aliphatic hydroxyl groups is 1. The zero-order valence-corrected chi connectivity index (χ0v) is 21.1. The summed E-state index contributed by atoms with van der Waals surface area (Å²) in [6.45, 7) is 2.31. The van der Waals surface area contributed by atoms with Crippen LogP contribution in [0.5, 0.6) is 0 Å². The van der Waals surface area contributed by atoms with E-state index in [-0.39, 0.29) is 30.4 Å². The van der Waals surface area contributed by atoms with Gasteiger partial charge in [-0.1, -0.05) is 36.4 Å². The second-order valence-electron chi connectivity index (χ2n) is 8.43. The van der Waals surface area contributed by atoms with Crippen LogP contribution in [0.4, 0.5) is 10.5 Å². The highest BCUT2D eigenvalue weighted by molar-refractivity contribution is 7.99. The molecule has 0 unspecified atom stereocenters. The molecule has 2 aromatic carbocycles. The number of hydrogen-bond acceptors (Lipinski definition) is 7. The number of aliphatic hydroxyl groups excluding tert-OH is 1. The number of urea groups is 1. The summed E-state index contributed by atoms with van der Waals surface area (Å²) >= 11 is 1.33. The van der Waals surface area contributed by atoms with Gasteiger partial charge in [0.25, 0.3) is 0 Å². The van der Waals surface area contributed by atoms with Gasteiger partial charge in [-0.2, -0.15) is 0 Å². The van der Waals surface area contributed by atoms with Gasteiger partial charge < -0.3 is 30.3 Å². The standard InChI is InChI=1S/C27H29N3O6S/c1-2-28-27(34)30-20-6-3-5-19(13-20)26-35-21(16-37-24-22(25(32)33)7-4-12-29-24)14-23(36-26)18-10-8-17(15-31)9-11-18/h3-13,21,23,26,31H,2,14-16H2,1H3,(H,32,33)(H2,28,30,34)/t21-,23+,26+/m0/s1. The summed E-state index contributed by atoms with van der Waals surface area (Å²) in [4.78, 5) is 27.8. The highest BCUT2D eigenvalue weighted by Gasteiger charge is 2.32. The Balaban J connectivity index is 1.56. The molecule has 0 aliphatic carbocycles. The van der Waals surface area contributed by atoms with E-state index in [2.05, 4.69) is 15.6 Å². The SMILES string of the molecule is CCNC(=O)Nc1cccc([C@@H]2O[C@H](CSc3ncccc3C(=O)O)C[C@H](c3ccc(CO)cc3)O2)c1. The fourth-order valence-corrected chi connectivity index (χ4v) is 4.97. The minimum Gasteiger partial charge on any atom is -0.478 e. The Hall–Kier alpha value is -3.44. The largest absolute Gasteiger partial charge is 0.478 e. The maximum Gasteiger partial charge on any atom is 0.338 e. The third kappa shape index (κ3) is 7.07. The lowest BCUT2D eigenvalue weighted by atomic mass is 10.0. The van der Waals surface area contributed by atoms with Crippen LogP contribution in [0, 0.1) is 0 Å². The number of anilines is 1. The van der Waals surface area contributed by atoms with Crippen molar-refractivity contribution in [2.75, 3.05) is 17.6 Å². The van der Waals surface area contributed by atoms with Crippen molar-refractivity contribution in [1.82, 2.24) is 10.3 Å². The summed E-state index contributed by atoms with van der Waals surface area (Å²) in [5.41, 5.74) is 3.25. The number of hydrogen-bond donors (Lipinski definition) is 4. The summed E-state index contributed by atoms with van der Waals surface area (Å²) in [5.74, 6) is -0.557. The van der Waals surface area contributed by atoms with Crippen molar-refractivity contribution in [3.8, 4) is 0 Å². The molecular weight excluding hydrogens is 494 g/mol. The number of rotatable bonds is 9. The van der Waals surface area contributed by atoms with Gasteiger partial charge in [0, 0.05) is 36.2 Å². The van der Waals surface area contributed by atoms with Crippen molar-refractivity contribution in [2.45, 2.75) is 43.5 Å². The van der Waals surface area contributed by atoms with Crippen molar-refractivity contribution < 1.29 is 29.3 Å². The van der Waals surface area contributed by atoms with Crippen molar-refractivity contribution in [1.29, 1.82) is 0 Å². The molecule has 2 heterocycles. The molecule has 4 rings (SSSR count). The number of amides is 2. The molecule has 1 aliphatic heterocycles. The molecule has 194 valence electrons. The molecule has 1 aliphatic rings. The quantitative estimate of drug-likeness (QED) is 0.296. The van der Waals surface area contributed by atoms with Crippen molar-refractivity contribution in [3.63, 3.8) is 0 Å². The molecular formula is C27H29N3O6S. The fraction of sp³-hybridized carbons (Fsp3) is 0.296. The van der Waals surface area contributed by atoms with Crippen LogP contribution in [0.15, 0.2) is 71.9 Å². The third-order valence-electron chi connectivity index (χ3n) is 5.78.